The first-order valence-corrected chi connectivity index (χ1v) is 9.39. The summed E-state index contributed by atoms with van der Waals surface area (Å²) < 4.78 is 7.77. The Hall–Kier alpha value is -1.60. The van der Waals surface area contributed by atoms with Crippen LogP contribution in [0.5, 0.6) is 0 Å². The maximum atomic E-state index is 12.4. The summed E-state index contributed by atoms with van der Waals surface area (Å²) in [5.41, 5.74) is 3.19. The number of fused-ring (bicyclic) bond motifs is 1. The van der Waals surface area contributed by atoms with E-state index in [1.54, 1.807) is 0 Å². The van der Waals surface area contributed by atoms with Crippen molar-refractivity contribution >= 4 is 6.03 Å². The van der Waals surface area contributed by atoms with Gasteiger partial charge < -0.3 is 15.4 Å². The molecule has 0 radical (unpaired) electrons. The largest absolute Gasteiger partial charge is 0.373 e. The number of hydrogen-bond donors (Lipinski definition) is 2. The van der Waals surface area contributed by atoms with Crippen LogP contribution in [0.1, 0.15) is 49.2 Å². The second-order valence-corrected chi connectivity index (χ2v) is 7.27. The normalized spacial score (nSPS) is 24.8. The van der Waals surface area contributed by atoms with Gasteiger partial charge >= 0.3 is 6.03 Å². The van der Waals surface area contributed by atoms with Gasteiger partial charge in [0.2, 0.25) is 0 Å². The fourth-order valence-electron chi connectivity index (χ4n) is 4.10. The van der Waals surface area contributed by atoms with Gasteiger partial charge in [-0.15, -0.1) is 0 Å². The fourth-order valence-corrected chi connectivity index (χ4v) is 4.10. The van der Waals surface area contributed by atoms with Gasteiger partial charge in [-0.2, -0.15) is 5.10 Å². The van der Waals surface area contributed by atoms with Crippen molar-refractivity contribution in [1.82, 2.24) is 25.3 Å². The summed E-state index contributed by atoms with van der Waals surface area (Å²) in [6, 6.07) is 0.427. The number of nitrogens with one attached hydrogen (secondary N) is 2. The highest BCUT2D eigenvalue weighted by atomic mass is 16.5. The highest BCUT2D eigenvalue weighted by Gasteiger charge is 2.32. The second-order valence-electron chi connectivity index (χ2n) is 7.27. The Morgan fingerprint density at radius 1 is 1.44 bits per heavy atom. The minimum atomic E-state index is -0.137. The van der Waals surface area contributed by atoms with E-state index in [4.69, 9.17) is 4.74 Å². The first kappa shape index (κ1) is 18.2. The molecule has 7 heteroatoms. The first-order valence-electron chi connectivity index (χ1n) is 9.39. The predicted molar refractivity (Wildman–Crippen MR) is 96.6 cm³/mol. The van der Waals surface area contributed by atoms with Crippen LogP contribution in [0.4, 0.5) is 4.79 Å². The molecule has 0 aliphatic carbocycles. The summed E-state index contributed by atoms with van der Waals surface area (Å²) in [5.74, 6) is 0. The molecule has 2 saturated heterocycles. The molecule has 0 spiro atoms. The van der Waals surface area contributed by atoms with Crippen LogP contribution in [0.25, 0.3) is 0 Å². The third kappa shape index (κ3) is 3.98. The average molecular weight is 349 g/mol. The maximum absolute atomic E-state index is 12.4. The van der Waals surface area contributed by atoms with Gasteiger partial charge in [-0.1, -0.05) is 6.92 Å². The molecule has 3 heterocycles. The number of aromatic nitrogens is 2. The van der Waals surface area contributed by atoms with Crippen LogP contribution in [-0.2, 0) is 11.8 Å². The van der Waals surface area contributed by atoms with Gasteiger partial charge in [-0.05, 0) is 39.7 Å². The van der Waals surface area contributed by atoms with E-state index in [1.165, 1.54) is 12.8 Å². The smallest absolute Gasteiger partial charge is 0.315 e. The first-order chi connectivity index (χ1) is 12.0. The Bertz CT molecular complexity index is 615. The lowest BCUT2D eigenvalue weighted by atomic mass is 10.0. The molecule has 0 unspecified atom stereocenters. The number of amides is 2. The summed E-state index contributed by atoms with van der Waals surface area (Å²) in [7, 11) is 1.94. The van der Waals surface area contributed by atoms with Crippen LogP contribution in [0.3, 0.4) is 0 Å². The molecule has 7 nitrogen and oxygen atoms in total. The molecule has 1 aromatic heterocycles. The molecule has 140 valence electrons. The fraction of sp³-hybridized carbons (Fsp3) is 0.778. The standard InChI is InChI=1S/C18H31N5O2/c1-5-16(17-12(2)21-22(4)13(17)3)20-18(24)19-9-15-10-23-8-6-7-14(23)11-25-15/h14-16H,5-11H2,1-4H3,(H2,19,20,24)/t14-,15+,16-/m0/s1. The van der Waals surface area contributed by atoms with Crippen molar-refractivity contribution in [1.29, 1.82) is 0 Å². The summed E-state index contributed by atoms with van der Waals surface area (Å²) in [4.78, 5) is 14.9. The van der Waals surface area contributed by atoms with Crippen LogP contribution in [0, 0.1) is 13.8 Å². The summed E-state index contributed by atoms with van der Waals surface area (Å²) in [6.07, 6.45) is 3.41. The Morgan fingerprint density at radius 3 is 2.92 bits per heavy atom. The number of carbonyl (C=O) groups excluding carboxylic acids is 1. The molecule has 0 saturated carbocycles. The number of carbonyl (C=O) groups is 1. The lowest BCUT2D eigenvalue weighted by Crippen LogP contribution is -2.51. The number of morpholine rings is 1. The predicted octanol–water partition coefficient (Wildman–Crippen LogP) is 1.65. The molecule has 2 fully saturated rings. The molecule has 1 aromatic rings. The lowest BCUT2D eigenvalue weighted by Gasteiger charge is -2.35. The Kier molecular flexibility index (Phi) is 5.64. The number of urea groups is 1. The van der Waals surface area contributed by atoms with E-state index in [9.17, 15) is 4.79 Å². The zero-order valence-electron chi connectivity index (χ0n) is 15.8. The topological polar surface area (TPSA) is 71.4 Å². The van der Waals surface area contributed by atoms with E-state index in [0.29, 0.717) is 12.6 Å². The van der Waals surface area contributed by atoms with Gasteiger partial charge in [-0.3, -0.25) is 9.58 Å². The van der Waals surface area contributed by atoms with Crippen molar-refractivity contribution in [2.45, 2.75) is 58.2 Å². The summed E-state index contributed by atoms with van der Waals surface area (Å²) >= 11 is 0. The van der Waals surface area contributed by atoms with Crippen molar-refractivity contribution in [3.63, 3.8) is 0 Å². The number of hydrogen-bond acceptors (Lipinski definition) is 4. The van der Waals surface area contributed by atoms with E-state index < -0.39 is 0 Å². The molecule has 3 atom stereocenters. The third-order valence-electron chi connectivity index (χ3n) is 5.58. The number of aryl methyl sites for hydroxylation is 2. The molecule has 2 aliphatic rings. The minimum Gasteiger partial charge on any atom is -0.373 e. The highest BCUT2D eigenvalue weighted by Crippen LogP contribution is 2.24. The third-order valence-corrected chi connectivity index (χ3v) is 5.58. The van der Waals surface area contributed by atoms with E-state index in [1.807, 2.05) is 25.6 Å². The number of ether oxygens (including phenoxy) is 1. The highest BCUT2D eigenvalue weighted by molar-refractivity contribution is 5.74. The number of nitrogens with zero attached hydrogens (tertiary/aromatic N) is 3. The van der Waals surface area contributed by atoms with Gasteiger partial charge in [0, 0.05) is 37.4 Å². The van der Waals surface area contributed by atoms with E-state index >= 15 is 0 Å². The molecular formula is C18H31N5O2. The van der Waals surface area contributed by atoms with Crippen molar-refractivity contribution in [2.24, 2.45) is 7.05 Å². The zero-order chi connectivity index (χ0) is 18.0. The Morgan fingerprint density at radius 2 is 2.24 bits per heavy atom. The SMILES string of the molecule is CC[C@H](NC(=O)NC[C@@H]1CN2CCC[C@H]2CO1)c1c(C)nn(C)c1C. The van der Waals surface area contributed by atoms with Gasteiger partial charge in [-0.25, -0.2) is 4.79 Å². The molecular weight excluding hydrogens is 318 g/mol. The number of rotatable bonds is 5. The summed E-state index contributed by atoms with van der Waals surface area (Å²) in [6.45, 7) is 9.54. The van der Waals surface area contributed by atoms with Crippen LogP contribution < -0.4 is 10.6 Å². The van der Waals surface area contributed by atoms with Crippen LogP contribution >= 0.6 is 0 Å². The molecule has 2 aliphatic heterocycles. The van der Waals surface area contributed by atoms with Crippen molar-refractivity contribution in [3.8, 4) is 0 Å². The van der Waals surface area contributed by atoms with Gasteiger partial charge in [0.15, 0.2) is 0 Å². The maximum Gasteiger partial charge on any atom is 0.315 e. The quantitative estimate of drug-likeness (QED) is 0.848. The van der Waals surface area contributed by atoms with Gasteiger partial charge in [0.1, 0.15) is 0 Å². The molecule has 0 aromatic carbocycles. The molecule has 2 amide bonds. The summed E-state index contributed by atoms with van der Waals surface area (Å²) in [5, 5.41) is 10.5. The Labute approximate surface area is 150 Å². The second kappa shape index (κ2) is 7.74. The van der Waals surface area contributed by atoms with Crippen molar-refractivity contribution in [3.05, 3.63) is 17.0 Å². The molecule has 0 bridgehead atoms. The Balaban J connectivity index is 1.51. The van der Waals surface area contributed by atoms with Gasteiger partial charge in [0.05, 0.1) is 24.4 Å². The van der Waals surface area contributed by atoms with E-state index in [2.05, 4.69) is 27.6 Å². The van der Waals surface area contributed by atoms with Crippen LogP contribution in [0.2, 0.25) is 0 Å². The van der Waals surface area contributed by atoms with Crippen LogP contribution in [0.15, 0.2) is 0 Å². The van der Waals surface area contributed by atoms with Crippen molar-refractivity contribution in [2.75, 3.05) is 26.2 Å². The van der Waals surface area contributed by atoms with Gasteiger partial charge in [0.25, 0.3) is 0 Å². The zero-order valence-corrected chi connectivity index (χ0v) is 15.8. The van der Waals surface area contributed by atoms with E-state index in [-0.39, 0.29) is 18.2 Å². The lowest BCUT2D eigenvalue weighted by molar-refractivity contribution is -0.0458. The van der Waals surface area contributed by atoms with E-state index in [0.717, 1.165) is 43.1 Å². The molecule has 2 N–H and O–H groups in total. The van der Waals surface area contributed by atoms with Crippen molar-refractivity contribution < 1.29 is 9.53 Å². The average Bonchev–Trinajstić information content (AvgIpc) is 3.15. The van der Waals surface area contributed by atoms with Crippen LogP contribution in [-0.4, -0.2) is 59.1 Å². The minimum absolute atomic E-state index is 0.0241. The monoisotopic (exact) mass is 349 g/mol. The molecule has 25 heavy (non-hydrogen) atoms. The molecule has 3 rings (SSSR count).